The first kappa shape index (κ1) is 9.76. The average Bonchev–Trinajstić information content (AvgIpc) is 2.63. The van der Waals surface area contributed by atoms with E-state index < -0.39 is 0 Å². The highest BCUT2D eigenvalue weighted by atomic mass is 14.2. The fourth-order valence-electron chi connectivity index (χ4n) is 2.51. The highest BCUT2D eigenvalue weighted by Crippen LogP contribution is 2.36. The van der Waals surface area contributed by atoms with Gasteiger partial charge in [0.15, 0.2) is 0 Å². The maximum Gasteiger partial charge on any atom is -0.0156 e. The fraction of sp³-hybridized carbons (Fsp3) is 0.500. The van der Waals surface area contributed by atoms with Gasteiger partial charge < -0.3 is 0 Å². The molecule has 14 heavy (non-hydrogen) atoms. The number of fused-ring (bicyclic) bond motifs is 1. The van der Waals surface area contributed by atoms with Crippen molar-refractivity contribution in [2.45, 2.75) is 44.4 Å². The van der Waals surface area contributed by atoms with Crippen molar-refractivity contribution in [2.24, 2.45) is 0 Å². The molecule has 2 rings (SSSR count). The van der Waals surface area contributed by atoms with Crippen LogP contribution in [-0.4, -0.2) is 0 Å². The fourth-order valence-corrected chi connectivity index (χ4v) is 2.51. The topological polar surface area (TPSA) is 0 Å². The Morgan fingerprint density at radius 3 is 2.93 bits per heavy atom. The van der Waals surface area contributed by atoms with Gasteiger partial charge in [-0.05, 0) is 36.3 Å². The van der Waals surface area contributed by atoms with E-state index in [2.05, 4.69) is 31.2 Å². The molecule has 0 heteroatoms. The molecule has 1 atom stereocenters. The van der Waals surface area contributed by atoms with Gasteiger partial charge in [0.25, 0.3) is 0 Å². The van der Waals surface area contributed by atoms with Gasteiger partial charge in [-0.25, -0.2) is 0 Å². The summed E-state index contributed by atoms with van der Waals surface area (Å²) in [7, 11) is 0. The van der Waals surface area contributed by atoms with Gasteiger partial charge in [-0.1, -0.05) is 50.5 Å². The molecule has 1 unspecified atom stereocenters. The van der Waals surface area contributed by atoms with E-state index in [-0.39, 0.29) is 0 Å². The Balaban J connectivity index is 1.96. The Labute approximate surface area is 87.3 Å². The minimum atomic E-state index is 0.845. The van der Waals surface area contributed by atoms with Crippen molar-refractivity contribution in [3.05, 3.63) is 42.3 Å². The molecule has 0 aliphatic heterocycles. The van der Waals surface area contributed by atoms with Crippen LogP contribution in [0.1, 0.15) is 49.1 Å². The Kier molecular flexibility index (Phi) is 3.23. The second-order valence-corrected chi connectivity index (χ2v) is 4.28. The molecule has 0 spiro atoms. The van der Waals surface area contributed by atoms with E-state index in [0.29, 0.717) is 0 Å². The summed E-state index contributed by atoms with van der Waals surface area (Å²) >= 11 is 0. The highest BCUT2D eigenvalue weighted by molar-refractivity contribution is 5.34. The third kappa shape index (κ3) is 2.00. The van der Waals surface area contributed by atoms with E-state index in [4.69, 9.17) is 0 Å². The van der Waals surface area contributed by atoms with Gasteiger partial charge in [0, 0.05) is 0 Å². The van der Waals surface area contributed by atoms with Crippen LogP contribution in [0, 0.1) is 6.92 Å². The lowest BCUT2D eigenvalue weighted by atomic mass is 9.95. The molecule has 0 saturated heterocycles. The first-order valence-electron chi connectivity index (χ1n) is 5.79. The number of aryl methyl sites for hydroxylation is 1. The molecule has 1 aliphatic rings. The molecular formula is C14H19. The summed E-state index contributed by atoms with van der Waals surface area (Å²) in [4.78, 5) is 0. The number of rotatable bonds is 4. The maximum absolute atomic E-state index is 3.89. The van der Waals surface area contributed by atoms with Gasteiger partial charge in [-0.3, -0.25) is 0 Å². The van der Waals surface area contributed by atoms with Crippen LogP contribution in [0.2, 0.25) is 0 Å². The first-order chi connectivity index (χ1) is 6.92. The molecule has 0 N–H and O–H groups in total. The number of benzene rings is 1. The van der Waals surface area contributed by atoms with E-state index >= 15 is 0 Å². The van der Waals surface area contributed by atoms with E-state index in [1.165, 1.54) is 32.1 Å². The Hall–Kier alpha value is -0.780. The van der Waals surface area contributed by atoms with Crippen molar-refractivity contribution in [3.63, 3.8) is 0 Å². The van der Waals surface area contributed by atoms with Crippen LogP contribution in [-0.2, 0) is 6.42 Å². The lowest BCUT2D eigenvalue weighted by Crippen LogP contribution is -1.93. The predicted octanol–water partition coefficient (Wildman–Crippen LogP) is 4.11. The van der Waals surface area contributed by atoms with Crippen LogP contribution in [0.5, 0.6) is 0 Å². The molecular weight excluding hydrogens is 168 g/mol. The average molecular weight is 187 g/mol. The summed E-state index contributed by atoms with van der Waals surface area (Å²) in [5, 5.41) is 0. The first-order valence-corrected chi connectivity index (χ1v) is 5.79. The quantitative estimate of drug-likeness (QED) is 0.622. The Bertz CT molecular complexity index is 288. The standard InChI is InChI=1S/C14H19/c1-2-3-4-7-12-10-11-13-8-5-6-9-14(12)13/h5-6,8-9,12H,1-4,7,10-11H2. The van der Waals surface area contributed by atoms with Crippen LogP contribution in [0.4, 0.5) is 0 Å². The van der Waals surface area contributed by atoms with Crippen molar-refractivity contribution in [1.29, 1.82) is 0 Å². The molecule has 0 saturated carbocycles. The Morgan fingerprint density at radius 1 is 1.21 bits per heavy atom. The monoisotopic (exact) mass is 187 g/mol. The smallest absolute Gasteiger partial charge is 0.0156 e. The molecule has 0 aromatic heterocycles. The highest BCUT2D eigenvalue weighted by Gasteiger charge is 2.20. The molecule has 1 radical (unpaired) electrons. The van der Waals surface area contributed by atoms with E-state index in [9.17, 15) is 0 Å². The van der Waals surface area contributed by atoms with Gasteiger partial charge in [0.1, 0.15) is 0 Å². The second-order valence-electron chi connectivity index (χ2n) is 4.28. The van der Waals surface area contributed by atoms with Gasteiger partial charge in [-0.2, -0.15) is 0 Å². The number of hydrogen-bond acceptors (Lipinski definition) is 0. The van der Waals surface area contributed by atoms with Gasteiger partial charge >= 0.3 is 0 Å². The minimum Gasteiger partial charge on any atom is -0.0620 e. The largest absolute Gasteiger partial charge is 0.0620 e. The summed E-state index contributed by atoms with van der Waals surface area (Å²) < 4.78 is 0. The van der Waals surface area contributed by atoms with Crippen molar-refractivity contribution in [3.8, 4) is 0 Å². The zero-order chi connectivity index (χ0) is 9.80. The molecule has 1 aromatic carbocycles. The van der Waals surface area contributed by atoms with E-state index in [0.717, 1.165) is 12.3 Å². The maximum atomic E-state index is 3.89. The molecule has 75 valence electrons. The van der Waals surface area contributed by atoms with E-state index in [1.54, 1.807) is 11.1 Å². The van der Waals surface area contributed by atoms with Crippen LogP contribution in [0.25, 0.3) is 0 Å². The van der Waals surface area contributed by atoms with Crippen LogP contribution in [0.3, 0.4) is 0 Å². The summed E-state index contributed by atoms with van der Waals surface area (Å²) in [6.45, 7) is 3.89. The molecule has 0 nitrogen and oxygen atoms in total. The summed E-state index contributed by atoms with van der Waals surface area (Å²) in [5.41, 5.74) is 3.21. The minimum absolute atomic E-state index is 0.845. The summed E-state index contributed by atoms with van der Waals surface area (Å²) in [5.74, 6) is 0.845. The van der Waals surface area contributed by atoms with E-state index in [1.807, 2.05) is 0 Å². The second kappa shape index (κ2) is 4.63. The van der Waals surface area contributed by atoms with Gasteiger partial charge in [-0.15, -0.1) is 0 Å². The summed E-state index contributed by atoms with van der Waals surface area (Å²) in [6, 6.07) is 8.95. The van der Waals surface area contributed by atoms with Crippen molar-refractivity contribution < 1.29 is 0 Å². The van der Waals surface area contributed by atoms with Crippen molar-refractivity contribution in [2.75, 3.05) is 0 Å². The molecule has 0 fully saturated rings. The predicted molar refractivity (Wildman–Crippen MR) is 61.3 cm³/mol. The van der Waals surface area contributed by atoms with Crippen LogP contribution in [0.15, 0.2) is 24.3 Å². The number of unbranched alkanes of at least 4 members (excludes halogenated alkanes) is 2. The lowest BCUT2D eigenvalue weighted by molar-refractivity contribution is 0.569. The molecule has 0 bridgehead atoms. The molecule has 1 aliphatic carbocycles. The third-order valence-electron chi connectivity index (χ3n) is 3.31. The third-order valence-corrected chi connectivity index (χ3v) is 3.31. The number of hydrogen-bond donors (Lipinski definition) is 0. The van der Waals surface area contributed by atoms with Crippen LogP contribution < -0.4 is 0 Å². The Morgan fingerprint density at radius 2 is 2.07 bits per heavy atom. The van der Waals surface area contributed by atoms with Crippen LogP contribution >= 0.6 is 0 Å². The normalized spacial score (nSPS) is 19.6. The van der Waals surface area contributed by atoms with Crippen molar-refractivity contribution in [1.82, 2.24) is 0 Å². The molecule has 0 heterocycles. The molecule has 1 aromatic rings. The molecule has 0 amide bonds. The summed E-state index contributed by atoms with van der Waals surface area (Å²) in [6.07, 6.45) is 7.77. The van der Waals surface area contributed by atoms with Gasteiger partial charge in [0.05, 0.1) is 0 Å². The SMILES string of the molecule is [CH2]CCCCC1CCc2ccccc21. The van der Waals surface area contributed by atoms with Gasteiger partial charge in [0.2, 0.25) is 0 Å². The van der Waals surface area contributed by atoms with Crippen molar-refractivity contribution >= 4 is 0 Å². The zero-order valence-electron chi connectivity index (χ0n) is 8.84. The lowest BCUT2D eigenvalue weighted by Gasteiger charge is -2.10. The zero-order valence-corrected chi connectivity index (χ0v) is 8.84.